The molecule has 1 rings (SSSR count). The third-order valence-corrected chi connectivity index (χ3v) is 2.13. The van der Waals surface area contributed by atoms with E-state index < -0.39 is 10.8 Å². The van der Waals surface area contributed by atoms with Gasteiger partial charge in [-0.15, -0.1) is 0 Å². The topological polar surface area (TPSA) is 17.1 Å². The first-order valence-electron chi connectivity index (χ1n) is 1.75. The van der Waals surface area contributed by atoms with E-state index in [9.17, 15) is 4.21 Å². The summed E-state index contributed by atoms with van der Waals surface area (Å²) in [5, 5.41) is 1.54. The molecule has 0 fully saturated rings. The fourth-order valence-electron chi connectivity index (χ4n) is 0.318. The van der Waals surface area contributed by atoms with Crippen molar-refractivity contribution in [3.8, 4) is 0 Å². The summed E-state index contributed by atoms with van der Waals surface area (Å²) in [4.78, 5) is 0. The van der Waals surface area contributed by atoms with Crippen molar-refractivity contribution < 1.29 is 4.21 Å². The molecule has 1 unspecified atom stereocenters. The Morgan fingerprint density at radius 1 is 1.71 bits per heavy atom. The van der Waals surface area contributed by atoms with Crippen molar-refractivity contribution in [2.24, 2.45) is 0 Å². The zero-order valence-corrected chi connectivity index (χ0v) is 5.00. The maximum Gasteiger partial charge on any atom is 0.109 e. The molecule has 0 saturated carbocycles. The van der Waals surface area contributed by atoms with Crippen LogP contribution >= 0.6 is 11.6 Å². The summed E-state index contributed by atoms with van der Waals surface area (Å²) < 4.78 is 10.8. The van der Waals surface area contributed by atoms with E-state index in [2.05, 4.69) is 0 Å². The number of allylic oxidation sites excluding steroid dienone is 2. The highest BCUT2D eigenvalue weighted by atomic mass is 35.5. The molecule has 0 aromatic rings. The molecule has 0 aliphatic carbocycles. The molecule has 0 bridgehead atoms. The summed E-state index contributed by atoms with van der Waals surface area (Å²) in [6.45, 7) is 0. The average Bonchev–Trinajstić information content (AvgIpc) is 1.91. The molecule has 0 amide bonds. The Bertz CT molecular complexity index is 159. The summed E-state index contributed by atoms with van der Waals surface area (Å²) in [6, 6.07) is 0. The molecule has 0 N–H and O–H groups in total. The minimum atomic E-state index is -1.02. The number of hydrogen-bond acceptors (Lipinski definition) is 1. The molecule has 1 heterocycles. The average molecular weight is 135 g/mol. The van der Waals surface area contributed by atoms with Crippen LogP contribution in [0, 0.1) is 0 Å². The minimum absolute atomic E-state index is 0.417. The molecule has 0 aromatic carbocycles. The van der Waals surface area contributed by atoms with Crippen molar-refractivity contribution in [2.45, 2.75) is 0 Å². The van der Waals surface area contributed by atoms with E-state index in [1.165, 1.54) is 0 Å². The van der Waals surface area contributed by atoms with E-state index in [1.807, 2.05) is 0 Å². The van der Waals surface area contributed by atoms with E-state index >= 15 is 0 Å². The van der Waals surface area contributed by atoms with Crippen LogP contribution in [0.4, 0.5) is 0 Å². The first-order valence-corrected chi connectivity index (χ1v) is 3.34. The van der Waals surface area contributed by atoms with Crippen LogP contribution in [0.15, 0.2) is 21.9 Å². The zero-order valence-electron chi connectivity index (χ0n) is 3.43. The smallest absolute Gasteiger partial charge is 0.109 e. The van der Waals surface area contributed by atoms with Crippen molar-refractivity contribution in [2.75, 3.05) is 0 Å². The van der Waals surface area contributed by atoms with Crippen LogP contribution in [0.25, 0.3) is 0 Å². The van der Waals surface area contributed by atoms with Gasteiger partial charge in [-0.2, -0.15) is 0 Å². The Balaban J connectivity index is 2.89. The largest absolute Gasteiger partial charge is 0.249 e. The van der Waals surface area contributed by atoms with Gasteiger partial charge in [0, 0.05) is 5.41 Å². The summed E-state index contributed by atoms with van der Waals surface area (Å²) in [5.41, 5.74) is 0. The fraction of sp³-hybridized carbons (Fsp3) is 0. The van der Waals surface area contributed by atoms with Crippen LogP contribution in [-0.2, 0) is 10.8 Å². The number of rotatable bonds is 0. The highest BCUT2D eigenvalue weighted by Crippen LogP contribution is 2.13. The van der Waals surface area contributed by atoms with E-state index in [1.54, 1.807) is 17.6 Å². The van der Waals surface area contributed by atoms with Gasteiger partial charge in [-0.05, 0) is 6.08 Å². The predicted octanol–water partition coefficient (Wildman–Crippen LogP) is 1.34. The molecule has 1 aliphatic heterocycles. The maximum atomic E-state index is 10.4. The lowest BCUT2D eigenvalue weighted by Crippen LogP contribution is -1.73. The molecule has 38 valence electrons. The minimum Gasteiger partial charge on any atom is -0.249 e. The second kappa shape index (κ2) is 1.80. The fourth-order valence-corrected chi connectivity index (χ4v) is 1.11. The van der Waals surface area contributed by atoms with Gasteiger partial charge in [0.05, 0.1) is 10.8 Å². The highest BCUT2D eigenvalue weighted by Gasteiger charge is 2.01. The Labute approximate surface area is 49.1 Å². The Morgan fingerprint density at radius 2 is 2.43 bits per heavy atom. The Morgan fingerprint density at radius 3 is 2.57 bits per heavy atom. The van der Waals surface area contributed by atoms with Crippen LogP contribution < -0.4 is 0 Å². The van der Waals surface area contributed by atoms with E-state index in [0.717, 1.165) is 0 Å². The lowest BCUT2D eigenvalue weighted by Gasteiger charge is -1.78. The maximum absolute atomic E-state index is 10.4. The first-order chi connectivity index (χ1) is 3.30. The molecule has 1 aliphatic rings. The van der Waals surface area contributed by atoms with Crippen LogP contribution in [0.1, 0.15) is 0 Å². The van der Waals surface area contributed by atoms with E-state index in [0.29, 0.717) is 4.36 Å². The van der Waals surface area contributed by atoms with E-state index in [4.69, 9.17) is 11.6 Å². The van der Waals surface area contributed by atoms with Crippen molar-refractivity contribution in [1.29, 1.82) is 0 Å². The van der Waals surface area contributed by atoms with Gasteiger partial charge in [0.2, 0.25) is 0 Å². The standard InChI is InChI=1S/C4H3ClOS/c5-4-2-1-3-7(4)6/h1-3H. The number of hydrogen-bond donors (Lipinski definition) is 0. The van der Waals surface area contributed by atoms with Crippen molar-refractivity contribution >= 4 is 22.4 Å². The summed E-state index contributed by atoms with van der Waals surface area (Å²) in [6.07, 6.45) is 3.30. The summed E-state index contributed by atoms with van der Waals surface area (Å²) in [5.74, 6) is 0. The second-order valence-corrected chi connectivity index (χ2v) is 3.03. The van der Waals surface area contributed by atoms with Gasteiger partial charge in [-0.1, -0.05) is 17.7 Å². The molecular weight excluding hydrogens is 132 g/mol. The third kappa shape index (κ3) is 0.924. The molecule has 0 radical (unpaired) electrons. The van der Waals surface area contributed by atoms with Gasteiger partial charge in [0.15, 0.2) is 0 Å². The Hall–Kier alpha value is -0.0800. The zero-order chi connectivity index (χ0) is 5.28. The molecule has 7 heavy (non-hydrogen) atoms. The van der Waals surface area contributed by atoms with Crippen molar-refractivity contribution in [1.82, 2.24) is 0 Å². The van der Waals surface area contributed by atoms with Gasteiger partial charge < -0.3 is 0 Å². The van der Waals surface area contributed by atoms with Gasteiger partial charge >= 0.3 is 0 Å². The summed E-state index contributed by atoms with van der Waals surface area (Å²) in [7, 11) is -1.02. The summed E-state index contributed by atoms with van der Waals surface area (Å²) >= 11 is 5.36. The van der Waals surface area contributed by atoms with Gasteiger partial charge in [0.25, 0.3) is 0 Å². The number of halogens is 1. The van der Waals surface area contributed by atoms with Crippen LogP contribution in [0.3, 0.4) is 0 Å². The van der Waals surface area contributed by atoms with Crippen LogP contribution in [0.2, 0.25) is 0 Å². The first kappa shape index (κ1) is 5.06. The lowest BCUT2D eigenvalue weighted by molar-refractivity contribution is 0.693. The van der Waals surface area contributed by atoms with E-state index in [-0.39, 0.29) is 0 Å². The molecule has 0 saturated heterocycles. The van der Waals surface area contributed by atoms with Crippen LogP contribution in [-0.4, -0.2) is 4.21 Å². The molecule has 0 spiro atoms. The van der Waals surface area contributed by atoms with Gasteiger partial charge in [-0.25, -0.2) is 4.21 Å². The molecule has 3 heteroatoms. The monoisotopic (exact) mass is 134 g/mol. The Kier molecular flexibility index (Phi) is 1.30. The second-order valence-electron chi connectivity index (χ2n) is 1.10. The molecule has 0 aromatic heterocycles. The molecule has 1 nitrogen and oxygen atoms in total. The van der Waals surface area contributed by atoms with Crippen molar-refractivity contribution in [3.05, 3.63) is 21.9 Å². The quantitative estimate of drug-likeness (QED) is 0.489. The van der Waals surface area contributed by atoms with Crippen molar-refractivity contribution in [3.63, 3.8) is 0 Å². The predicted molar refractivity (Wildman–Crippen MR) is 31.2 cm³/mol. The lowest BCUT2D eigenvalue weighted by atomic mass is 10.6. The van der Waals surface area contributed by atoms with Crippen LogP contribution in [0.5, 0.6) is 0 Å². The molecular formula is C4H3ClOS. The third-order valence-electron chi connectivity index (χ3n) is 0.622. The molecule has 1 atom stereocenters. The van der Waals surface area contributed by atoms with Gasteiger partial charge in [0.1, 0.15) is 4.36 Å². The SMILES string of the molecule is O=S1C=CC=C1Cl. The van der Waals surface area contributed by atoms with Gasteiger partial charge in [-0.3, -0.25) is 0 Å². The highest BCUT2D eigenvalue weighted by molar-refractivity contribution is 7.93. The normalized spacial score (nSPS) is 28.1.